The van der Waals surface area contributed by atoms with Gasteiger partial charge in [-0.15, -0.1) is 0 Å². The van der Waals surface area contributed by atoms with Crippen molar-refractivity contribution in [3.63, 3.8) is 0 Å². The first-order valence-electron chi connectivity index (χ1n) is 9.81. The van der Waals surface area contributed by atoms with Crippen LogP contribution in [0.5, 0.6) is 0 Å². The van der Waals surface area contributed by atoms with Crippen molar-refractivity contribution in [2.75, 3.05) is 11.5 Å². The fraction of sp³-hybridized carbons (Fsp3) is 0.381. The number of benzene rings is 2. The predicted octanol–water partition coefficient (Wildman–Crippen LogP) is 3.38. The Hall–Kier alpha value is -2.04. The average Bonchev–Trinajstić information content (AvgIpc) is 2.69. The lowest BCUT2D eigenvalue weighted by atomic mass is 9.78. The van der Waals surface area contributed by atoms with Gasteiger partial charge >= 0.3 is 0 Å². The molecule has 0 atom stereocenters. The number of amides is 1. The molecule has 1 fully saturated rings. The van der Waals surface area contributed by atoms with Gasteiger partial charge in [-0.05, 0) is 74.1 Å². The summed E-state index contributed by atoms with van der Waals surface area (Å²) in [6, 6.07) is 8.07. The molecule has 32 heavy (non-hydrogen) atoms. The Kier molecular flexibility index (Phi) is 6.97. The number of carbonyl (C=O) groups is 1. The lowest BCUT2D eigenvalue weighted by Gasteiger charge is -2.40. The van der Waals surface area contributed by atoms with Crippen LogP contribution in [-0.4, -0.2) is 34.2 Å². The van der Waals surface area contributed by atoms with Crippen molar-refractivity contribution in [2.24, 2.45) is 11.7 Å². The molecule has 0 heterocycles. The van der Waals surface area contributed by atoms with E-state index in [2.05, 4.69) is 0 Å². The van der Waals surface area contributed by atoms with Gasteiger partial charge < -0.3 is 5.73 Å². The number of carbonyl (C=O) groups excluding carboxylic acids is 1. The summed E-state index contributed by atoms with van der Waals surface area (Å²) in [5, 5.41) is 0.318. The van der Waals surface area contributed by atoms with Gasteiger partial charge in [0.2, 0.25) is 5.91 Å². The zero-order valence-corrected chi connectivity index (χ0v) is 19.3. The quantitative estimate of drug-likeness (QED) is 0.620. The molecule has 2 aromatic carbocycles. The predicted molar refractivity (Wildman–Crippen MR) is 116 cm³/mol. The normalized spacial score (nSPS) is 21.9. The van der Waals surface area contributed by atoms with Gasteiger partial charge in [-0.3, -0.25) is 4.79 Å². The van der Waals surface area contributed by atoms with E-state index in [1.165, 1.54) is 24.3 Å². The second-order valence-electron chi connectivity index (χ2n) is 8.04. The standard InChI is InChI=1S/C21H22ClF2NO5S2/c22-15-1-4-17(5-2-15)32(29,30)21(18-11-16(23)3-6-19(18)24)9-7-14(8-10-21)12-31(27,28)13-20(25)26/h1-6,11,14H,7-10,12-13H2,(H2,25,26). The second-order valence-corrected chi connectivity index (χ2v) is 12.8. The van der Waals surface area contributed by atoms with Gasteiger partial charge in [-0.25, -0.2) is 25.6 Å². The summed E-state index contributed by atoms with van der Waals surface area (Å²) in [5.41, 5.74) is 4.70. The third-order valence-corrected chi connectivity index (χ3v) is 10.3. The highest BCUT2D eigenvalue weighted by molar-refractivity contribution is 7.92. The number of sulfone groups is 2. The van der Waals surface area contributed by atoms with E-state index in [-0.39, 0.29) is 41.9 Å². The van der Waals surface area contributed by atoms with Gasteiger partial charge in [0.25, 0.3) is 0 Å². The van der Waals surface area contributed by atoms with E-state index in [1.807, 2.05) is 0 Å². The molecule has 0 aromatic heterocycles. The lowest BCUT2D eigenvalue weighted by molar-refractivity contribution is -0.115. The number of nitrogens with two attached hydrogens (primary N) is 1. The molecular formula is C21H22ClF2NO5S2. The van der Waals surface area contributed by atoms with Crippen molar-refractivity contribution in [3.05, 3.63) is 64.7 Å². The zero-order chi connectivity index (χ0) is 23.7. The summed E-state index contributed by atoms with van der Waals surface area (Å²) < 4.78 is 78.8. The first kappa shape index (κ1) is 24.6. The smallest absolute Gasteiger partial charge is 0.232 e. The fourth-order valence-corrected chi connectivity index (χ4v) is 8.21. The summed E-state index contributed by atoms with van der Waals surface area (Å²) in [5.74, 6) is -4.18. The molecule has 11 heteroatoms. The Balaban J connectivity index is 2.02. The molecule has 0 radical (unpaired) electrons. The SMILES string of the molecule is NC(=O)CS(=O)(=O)CC1CCC(c2cc(F)ccc2F)(S(=O)(=O)c2ccc(Cl)cc2)CC1. The summed E-state index contributed by atoms with van der Waals surface area (Å²) in [4.78, 5) is 10.9. The highest BCUT2D eigenvalue weighted by atomic mass is 35.5. The van der Waals surface area contributed by atoms with Gasteiger partial charge in [0.05, 0.1) is 10.6 Å². The topological polar surface area (TPSA) is 111 Å². The molecule has 2 N–H and O–H groups in total. The first-order valence-corrected chi connectivity index (χ1v) is 13.5. The largest absolute Gasteiger partial charge is 0.369 e. The van der Waals surface area contributed by atoms with E-state index >= 15 is 0 Å². The van der Waals surface area contributed by atoms with Crippen molar-refractivity contribution in [1.82, 2.24) is 0 Å². The van der Waals surface area contributed by atoms with Gasteiger partial charge in [-0.1, -0.05) is 11.6 Å². The van der Waals surface area contributed by atoms with Crippen LogP contribution < -0.4 is 5.73 Å². The van der Waals surface area contributed by atoms with E-state index in [1.54, 1.807) is 0 Å². The van der Waals surface area contributed by atoms with Crippen molar-refractivity contribution in [2.45, 2.75) is 35.3 Å². The molecular weight excluding hydrogens is 484 g/mol. The molecule has 0 aliphatic heterocycles. The van der Waals surface area contributed by atoms with E-state index in [0.717, 1.165) is 18.2 Å². The second kappa shape index (κ2) is 9.07. The monoisotopic (exact) mass is 505 g/mol. The molecule has 2 aromatic rings. The maximum Gasteiger partial charge on any atom is 0.232 e. The van der Waals surface area contributed by atoms with Crippen LogP contribution in [0.1, 0.15) is 31.2 Å². The summed E-state index contributed by atoms with van der Waals surface area (Å²) in [6.07, 6.45) is 0.0196. The Labute approximate surface area is 190 Å². The molecule has 0 bridgehead atoms. The Morgan fingerprint density at radius 1 is 1.03 bits per heavy atom. The van der Waals surface area contributed by atoms with Gasteiger partial charge in [0.1, 0.15) is 22.1 Å². The first-order chi connectivity index (χ1) is 14.9. The molecule has 0 unspecified atom stereocenters. The van der Waals surface area contributed by atoms with Crippen LogP contribution >= 0.6 is 11.6 Å². The summed E-state index contributed by atoms with van der Waals surface area (Å²) in [6.45, 7) is 0. The molecule has 0 saturated heterocycles. The maximum absolute atomic E-state index is 14.8. The highest BCUT2D eigenvalue weighted by Gasteiger charge is 2.50. The molecule has 1 amide bonds. The number of hydrogen-bond acceptors (Lipinski definition) is 5. The fourth-order valence-electron chi connectivity index (χ4n) is 4.31. The van der Waals surface area contributed by atoms with E-state index in [9.17, 15) is 30.4 Å². The molecule has 1 saturated carbocycles. The van der Waals surface area contributed by atoms with Gasteiger partial charge in [0.15, 0.2) is 19.7 Å². The summed E-state index contributed by atoms with van der Waals surface area (Å²) >= 11 is 5.87. The lowest BCUT2D eigenvalue weighted by Crippen LogP contribution is -2.42. The maximum atomic E-state index is 14.8. The van der Waals surface area contributed by atoms with Crippen molar-refractivity contribution in [3.8, 4) is 0 Å². The third kappa shape index (κ3) is 4.97. The van der Waals surface area contributed by atoms with Crippen LogP contribution in [-0.2, 0) is 29.2 Å². The van der Waals surface area contributed by atoms with Crippen molar-refractivity contribution < 1.29 is 30.4 Å². The van der Waals surface area contributed by atoms with Crippen LogP contribution in [0, 0.1) is 17.6 Å². The highest BCUT2D eigenvalue weighted by Crippen LogP contribution is 2.49. The number of halogens is 3. The summed E-state index contributed by atoms with van der Waals surface area (Å²) in [7, 11) is -7.97. The van der Waals surface area contributed by atoms with Crippen LogP contribution in [0.25, 0.3) is 0 Å². The van der Waals surface area contributed by atoms with Gasteiger partial charge in [-0.2, -0.15) is 0 Å². The molecule has 1 aliphatic carbocycles. The minimum atomic E-state index is -4.21. The van der Waals surface area contributed by atoms with Crippen molar-refractivity contribution >= 4 is 37.2 Å². The number of primary amides is 1. The minimum absolute atomic E-state index is 0.0923. The molecule has 0 spiro atoms. The van der Waals surface area contributed by atoms with E-state index in [0.29, 0.717) is 5.02 Å². The molecule has 6 nitrogen and oxygen atoms in total. The van der Waals surface area contributed by atoms with Crippen molar-refractivity contribution in [1.29, 1.82) is 0 Å². The van der Waals surface area contributed by atoms with E-state index in [4.69, 9.17) is 17.3 Å². The Morgan fingerprint density at radius 2 is 1.62 bits per heavy atom. The third-order valence-electron chi connectivity index (χ3n) is 5.82. The average molecular weight is 506 g/mol. The Bertz CT molecular complexity index is 1220. The van der Waals surface area contributed by atoms with E-state index < -0.39 is 53.6 Å². The number of rotatable bonds is 7. The molecule has 3 rings (SSSR count). The van der Waals surface area contributed by atoms with Crippen LogP contribution in [0.2, 0.25) is 5.02 Å². The molecule has 174 valence electrons. The zero-order valence-electron chi connectivity index (χ0n) is 16.9. The van der Waals surface area contributed by atoms with Crippen LogP contribution in [0.4, 0.5) is 8.78 Å². The molecule has 1 aliphatic rings. The number of hydrogen-bond donors (Lipinski definition) is 1. The van der Waals surface area contributed by atoms with Crippen LogP contribution in [0.3, 0.4) is 0 Å². The van der Waals surface area contributed by atoms with Gasteiger partial charge in [0, 0.05) is 10.6 Å². The minimum Gasteiger partial charge on any atom is -0.369 e. The Morgan fingerprint density at radius 3 is 2.19 bits per heavy atom. The van der Waals surface area contributed by atoms with Crippen LogP contribution in [0.15, 0.2) is 47.4 Å².